The summed E-state index contributed by atoms with van der Waals surface area (Å²) in [5.74, 6) is 0.879. The summed E-state index contributed by atoms with van der Waals surface area (Å²) in [5, 5.41) is 2.99. The van der Waals surface area contributed by atoms with Crippen molar-refractivity contribution < 1.29 is 14.3 Å². The smallest absolute Gasteiger partial charge is 0.224 e. The first-order valence-corrected chi connectivity index (χ1v) is 9.30. The molecular formula is C20H30N2O3. The van der Waals surface area contributed by atoms with Crippen molar-refractivity contribution in [3.8, 4) is 5.75 Å². The van der Waals surface area contributed by atoms with Crippen LogP contribution >= 0.6 is 0 Å². The molecule has 0 bridgehead atoms. The number of ether oxygens (including phenoxy) is 1. The Bertz CT molecular complexity index is 580. The number of para-hydroxylation sites is 2. The summed E-state index contributed by atoms with van der Waals surface area (Å²) in [7, 11) is 0. The Morgan fingerprint density at radius 2 is 1.88 bits per heavy atom. The van der Waals surface area contributed by atoms with Gasteiger partial charge in [-0.2, -0.15) is 0 Å². The summed E-state index contributed by atoms with van der Waals surface area (Å²) in [6.45, 7) is 6.34. The lowest BCUT2D eigenvalue weighted by Crippen LogP contribution is -2.40. The average molecular weight is 346 g/mol. The molecule has 2 amide bonds. The summed E-state index contributed by atoms with van der Waals surface area (Å²) >= 11 is 0. The predicted molar refractivity (Wildman–Crippen MR) is 99.8 cm³/mol. The van der Waals surface area contributed by atoms with Gasteiger partial charge >= 0.3 is 0 Å². The Morgan fingerprint density at radius 3 is 2.52 bits per heavy atom. The van der Waals surface area contributed by atoms with Gasteiger partial charge in [-0.1, -0.05) is 31.4 Å². The third kappa shape index (κ3) is 5.76. The molecule has 0 heterocycles. The first-order chi connectivity index (χ1) is 12.0. The van der Waals surface area contributed by atoms with Crippen molar-refractivity contribution >= 4 is 17.5 Å². The number of nitrogens with zero attached hydrogens (tertiary/aromatic N) is 1. The monoisotopic (exact) mass is 346 g/mol. The van der Waals surface area contributed by atoms with Crippen LogP contribution in [0.5, 0.6) is 5.75 Å². The number of benzene rings is 1. The molecule has 2 rings (SSSR count). The van der Waals surface area contributed by atoms with Gasteiger partial charge in [-0.05, 0) is 38.8 Å². The van der Waals surface area contributed by atoms with Crippen molar-refractivity contribution in [1.29, 1.82) is 0 Å². The second kappa shape index (κ2) is 9.44. The number of anilines is 1. The number of hydrogen-bond donors (Lipinski definition) is 1. The van der Waals surface area contributed by atoms with E-state index in [4.69, 9.17) is 4.74 Å². The minimum atomic E-state index is -0.0632. The van der Waals surface area contributed by atoms with Crippen LogP contribution in [0.4, 0.5) is 5.69 Å². The van der Waals surface area contributed by atoms with Crippen LogP contribution in [0.2, 0.25) is 0 Å². The summed E-state index contributed by atoms with van der Waals surface area (Å²) in [4.78, 5) is 26.0. The molecule has 1 aliphatic rings. The third-order valence-electron chi connectivity index (χ3n) is 4.51. The topological polar surface area (TPSA) is 58.6 Å². The van der Waals surface area contributed by atoms with Crippen LogP contribution in [0, 0.1) is 5.92 Å². The van der Waals surface area contributed by atoms with Crippen molar-refractivity contribution in [3.63, 3.8) is 0 Å². The Kier molecular flexibility index (Phi) is 7.29. The first kappa shape index (κ1) is 19.3. The van der Waals surface area contributed by atoms with Crippen molar-refractivity contribution in [2.24, 2.45) is 5.92 Å². The molecule has 0 aliphatic heterocycles. The zero-order valence-electron chi connectivity index (χ0n) is 15.6. The number of amides is 2. The van der Waals surface area contributed by atoms with Gasteiger partial charge in [0.05, 0.1) is 11.8 Å². The van der Waals surface area contributed by atoms with Crippen LogP contribution in [0.25, 0.3) is 0 Å². The molecule has 0 aromatic heterocycles. The Morgan fingerprint density at radius 1 is 1.20 bits per heavy atom. The Hall–Kier alpha value is -2.04. The molecule has 1 fully saturated rings. The lowest BCUT2D eigenvalue weighted by molar-refractivity contribution is -0.126. The molecule has 0 unspecified atom stereocenters. The highest BCUT2D eigenvalue weighted by Gasteiger charge is 2.21. The number of carbonyl (C=O) groups excluding carboxylic acids is 2. The largest absolute Gasteiger partial charge is 0.489 e. The van der Waals surface area contributed by atoms with E-state index in [-0.39, 0.29) is 23.8 Å². The summed E-state index contributed by atoms with van der Waals surface area (Å²) in [6.07, 6.45) is 5.49. The molecule has 5 nitrogen and oxygen atoms in total. The van der Waals surface area contributed by atoms with Crippen LogP contribution in [-0.2, 0) is 9.59 Å². The van der Waals surface area contributed by atoms with E-state index < -0.39 is 0 Å². The van der Waals surface area contributed by atoms with E-state index in [1.807, 2.05) is 38.1 Å². The maximum Gasteiger partial charge on any atom is 0.224 e. The fourth-order valence-electron chi connectivity index (χ4n) is 3.28. The molecular weight excluding hydrogens is 316 g/mol. The maximum absolute atomic E-state index is 12.3. The van der Waals surface area contributed by atoms with Crippen LogP contribution < -0.4 is 15.0 Å². The van der Waals surface area contributed by atoms with Gasteiger partial charge < -0.3 is 15.0 Å². The molecule has 0 saturated heterocycles. The SMILES string of the molecule is CC(=O)N(CCNC(=O)C1CCCCC1)c1ccccc1OC(C)C. The van der Waals surface area contributed by atoms with Crippen molar-refractivity contribution in [3.05, 3.63) is 24.3 Å². The number of nitrogens with one attached hydrogen (secondary N) is 1. The molecule has 138 valence electrons. The zero-order chi connectivity index (χ0) is 18.2. The average Bonchev–Trinajstić information content (AvgIpc) is 2.59. The molecule has 25 heavy (non-hydrogen) atoms. The van der Waals surface area contributed by atoms with E-state index in [0.717, 1.165) is 31.4 Å². The standard InChI is InChI=1S/C20H30N2O3/c1-15(2)25-19-12-8-7-11-18(19)22(16(3)23)14-13-21-20(24)17-9-5-4-6-10-17/h7-8,11-12,15,17H,4-6,9-10,13-14H2,1-3H3,(H,21,24). The van der Waals surface area contributed by atoms with Gasteiger partial charge in [0.1, 0.15) is 5.75 Å². The third-order valence-corrected chi connectivity index (χ3v) is 4.51. The predicted octanol–water partition coefficient (Wildman–Crippen LogP) is 3.52. The van der Waals surface area contributed by atoms with Crippen LogP contribution in [0.1, 0.15) is 52.9 Å². The van der Waals surface area contributed by atoms with Crippen LogP contribution in [0.15, 0.2) is 24.3 Å². The number of carbonyl (C=O) groups is 2. The molecule has 5 heteroatoms. The minimum absolute atomic E-state index is 0.0287. The van der Waals surface area contributed by atoms with Gasteiger partial charge in [0.2, 0.25) is 11.8 Å². The zero-order valence-corrected chi connectivity index (χ0v) is 15.6. The molecule has 0 atom stereocenters. The Balaban J connectivity index is 1.97. The van der Waals surface area contributed by atoms with E-state index >= 15 is 0 Å². The summed E-state index contributed by atoms with van der Waals surface area (Å²) in [6, 6.07) is 7.53. The fourth-order valence-corrected chi connectivity index (χ4v) is 3.28. The first-order valence-electron chi connectivity index (χ1n) is 9.30. The second-order valence-electron chi connectivity index (χ2n) is 6.93. The van der Waals surface area contributed by atoms with Gasteiger partial charge in [-0.15, -0.1) is 0 Å². The highest BCUT2D eigenvalue weighted by molar-refractivity contribution is 5.93. The second-order valence-corrected chi connectivity index (χ2v) is 6.93. The van der Waals surface area contributed by atoms with Gasteiger partial charge in [0, 0.05) is 25.9 Å². The van der Waals surface area contributed by atoms with Crippen molar-refractivity contribution in [1.82, 2.24) is 5.32 Å². The van der Waals surface area contributed by atoms with E-state index in [2.05, 4.69) is 5.32 Å². The molecule has 1 N–H and O–H groups in total. The molecule has 1 aromatic rings. The summed E-state index contributed by atoms with van der Waals surface area (Å²) < 4.78 is 5.82. The van der Waals surface area contributed by atoms with Crippen LogP contribution in [0.3, 0.4) is 0 Å². The quantitative estimate of drug-likeness (QED) is 0.822. The fraction of sp³-hybridized carbons (Fsp3) is 0.600. The van der Waals surface area contributed by atoms with Crippen LogP contribution in [-0.4, -0.2) is 31.0 Å². The van der Waals surface area contributed by atoms with Gasteiger partial charge in [0.25, 0.3) is 0 Å². The lowest BCUT2D eigenvalue weighted by Gasteiger charge is -2.26. The van der Waals surface area contributed by atoms with Crippen molar-refractivity contribution in [2.45, 2.75) is 59.0 Å². The molecule has 0 spiro atoms. The molecule has 1 saturated carbocycles. The van der Waals surface area contributed by atoms with E-state index in [0.29, 0.717) is 18.8 Å². The van der Waals surface area contributed by atoms with Gasteiger partial charge in [0.15, 0.2) is 0 Å². The van der Waals surface area contributed by atoms with E-state index in [1.165, 1.54) is 13.3 Å². The van der Waals surface area contributed by atoms with Gasteiger partial charge in [-0.3, -0.25) is 9.59 Å². The van der Waals surface area contributed by atoms with Gasteiger partial charge in [-0.25, -0.2) is 0 Å². The highest BCUT2D eigenvalue weighted by atomic mass is 16.5. The molecule has 1 aromatic carbocycles. The molecule has 1 aliphatic carbocycles. The number of rotatable bonds is 7. The highest BCUT2D eigenvalue weighted by Crippen LogP contribution is 2.29. The lowest BCUT2D eigenvalue weighted by atomic mass is 9.89. The Labute approximate surface area is 150 Å². The normalized spacial score (nSPS) is 15.0. The summed E-state index contributed by atoms with van der Waals surface area (Å²) in [5.41, 5.74) is 0.746. The van der Waals surface area contributed by atoms with E-state index in [9.17, 15) is 9.59 Å². The van der Waals surface area contributed by atoms with E-state index in [1.54, 1.807) is 4.90 Å². The van der Waals surface area contributed by atoms with Crippen molar-refractivity contribution in [2.75, 3.05) is 18.0 Å². The number of hydrogen-bond acceptors (Lipinski definition) is 3. The maximum atomic E-state index is 12.3. The molecule has 0 radical (unpaired) electrons. The minimum Gasteiger partial charge on any atom is -0.489 e.